The summed E-state index contributed by atoms with van der Waals surface area (Å²) in [4.78, 5) is 11.2. The second-order valence-electron chi connectivity index (χ2n) is 3.03. The first-order valence-corrected chi connectivity index (χ1v) is 4.48. The topological polar surface area (TPSA) is 47.6 Å². The third-order valence-electron chi connectivity index (χ3n) is 1.89. The van der Waals surface area contributed by atoms with Gasteiger partial charge in [0.1, 0.15) is 11.3 Å². The number of anilines is 1. The zero-order chi connectivity index (χ0) is 13.1. The lowest BCUT2D eigenvalue weighted by atomic mass is 10.2. The molecule has 17 heavy (non-hydrogen) atoms. The van der Waals surface area contributed by atoms with E-state index in [0.717, 1.165) is 12.1 Å². The van der Waals surface area contributed by atoms with Crippen molar-refractivity contribution in [2.75, 3.05) is 19.5 Å². The summed E-state index contributed by atoms with van der Waals surface area (Å²) in [5.74, 6) is -0.675. The molecule has 0 bridgehead atoms. The molecule has 7 heteroatoms. The van der Waals surface area contributed by atoms with Crippen LogP contribution in [0.15, 0.2) is 18.2 Å². The molecule has 0 saturated heterocycles. The maximum absolute atomic E-state index is 12.1. The van der Waals surface area contributed by atoms with Gasteiger partial charge < -0.3 is 9.47 Å². The fraction of sp³-hybridized carbons (Fsp3) is 0.300. The van der Waals surface area contributed by atoms with Gasteiger partial charge in [-0.1, -0.05) is 0 Å². The van der Waals surface area contributed by atoms with Crippen LogP contribution in [0, 0.1) is 0 Å². The highest BCUT2D eigenvalue weighted by molar-refractivity contribution is 5.93. The van der Waals surface area contributed by atoms with Crippen molar-refractivity contribution in [1.29, 1.82) is 0 Å². The van der Waals surface area contributed by atoms with Crippen LogP contribution >= 0.6 is 0 Å². The normalized spacial score (nSPS) is 10.9. The first-order valence-electron chi connectivity index (χ1n) is 4.48. The number of rotatable bonds is 3. The van der Waals surface area contributed by atoms with Gasteiger partial charge in [-0.2, -0.15) is 13.2 Å². The predicted molar refractivity (Wildman–Crippen MR) is 54.0 cm³/mol. The zero-order valence-electron chi connectivity index (χ0n) is 9.09. The van der Waals surface area contributed by atoms with Crippen LogP contribution in [-0.2, 0) is 4.74 Å². The minimum absolute atomic E-state index is 0.00565. The molecule has 0 unspecified atom stereocenters. The Hall–Kier alpha value is -1.92. The van der Waals surface area contributed by atoms with Crippen LogP contribution in [-0.4, -0.2) is 26.5 Å². The van der Waals surface area contributed by atoms with E-state index < -0.39 is 12.3 Å². The molecule has 1 aromatic rings. The largest absolute Gasteiger partial charge is 0.496 e. The van der Waals surface area contributed by atoms with Gasteiger partial charge in [0.2, 0.25) is 0 Å². The van der Waals surface area contributed by atoms with Gasteiger partial charge in [-0.25, -0.2) is 4.79 Å². The number of carbonyl (C=O) groups excluding carboxylic acids is 1. The number of nitrogens with one attached hydrogen (secondary N) is 1. The Labute approximate surface area is 95.3 Å². The number of benzene rings is 1. The highest BCUT2D eigenvalue weighted by Crippen LogP contribution is 2.27. The van der Waals surface area contributed by atoms with Crippen molar-refractivity contribution < 1.29 is 27.4 Å². The number of halogens is 3. The lowest BCUT2D eigenvalue weighted by molar-refractivity contribution is -0.0999. The van der Waals surface area contributed by atoms with Crippen LogP contribution in [0.5, 0.6) is 5.75 Å². The number of hydrogen-bond acceptors (Lipinski definition) is 4. The Kier molecular flexibility index (Phi) is 3.82. The molecule has 4 nitrogen and oxygen atoms in total. The molecule has 0 spiro atoms. The van der Waals surface area contributed by atoms with Crippen molar-refractivity contribution in [3.63, 3.8) is 0 Å². The maximum Gasteiger partial charge on any atom is 0.482 e. The van der Waals surface area contributed by atoms with E-state index in [9.17, 15) is 18.0 Å². The molecule has 0 saturated carbocycles. The third-order valence-corrected chi connectivity index (χ3v) is 1.89. The molecule has 0 aliphatic rings. The minimum atomic E-state index is -4.54. The van der Waals surface area contributed by atoms with Crippen LogP contribution in [0.2, 0.25) is 0 Å². The zero-order valence-corrected chi connectivity index (χ0v) is 9.09. The van der Waals surface area contributed by atoms with E-state index >= 15 is 0 Å². The molecular formula is C10H10F3NO3. The molecule has 0 radical (unpaired) electrons. The van der Waals surface area contributed by atoms with E-state index in [-0.39, 0.29) is 17.0 Å². The van der Waals surface area contributed by atoms with E-state index in [1.807, 2.05) is 0 Å². The van der Waals surface area contributed by atoms with Crippen LogP contribution < -0.4 is 10.1 Å². The average molecular weight is 249 g/mol. The SMILES string of the molecule is COC(=O)c1ccc(NC(F)(F)F)cc1OC. The van der Waals surface area contributed by atoms with Crippen LogP contribution in [0.4, 0.5) is 18.9 Å². The van der Waals surface area contributed by atoms with E-state index in [1.165, 1.54) is 25.6 Å². The van der Waals surface area contributed by atoms with Gasteiger partial charge in [0.05, 0.1) is 14.2 Å². The van der Waals surface area contributed by atoms with Crippen molar-refractivity contribution in [2.45, 2.75) is 6.30 Å². The van der Waals surface area contributed by atoms with Crippen molar-refractivity contribution in [2.24, 2.45) is 0 Å². The number of ether oxygens (including phenoxy) is 2. The average Bonchev–Trinajstić information content (AvgIpc) is 2.25. The second kappa shape index (κ2) is 4.94. The Morgan fingerprint density at radius 2 is 1.94 bits per heavy atom. The van der Waals surface area contributed by atoms with E-state index in [0.29, 0.717) is 0 Å². The maximum atomic E-state index is 12.1. The van der Waals surface area contributed by atoms with Crippen molar-refractivity contribution in [3.05, 3.63) is 23.8 Å². The molecule has 1 N–H and O–H groups in total. The molecule has 0 heterocycles. The second-order valence-corrected chi connectivity index (χ2v) is 3.03. The van der Waals surface area contributed by atoms with Crippen molar-refractivity contribution >= 4 is 11.7 Å². The number of carbonyl (C=O) groups is 1. The van der Waals surface area contributed by atoms with Gasteiger partial charge in [-0.05, 0) is 12.1 Å². The number of alkyl halides is 3. The molecule has 0 aliphatic heterocycles. The summed E-state index contributed by atoms with van der Waals surface area (Å²) in [7, 11) is 2.42. The summed E-state index contributed by atoms with van der Waals surface area (Å²) in [6.45, 7) is 0. The smallest absolute Gasteiger partial charge is 0.482 e. The predicted octanol–water partition coefficient (Wildman–Crippen LogP) is 2.41. The molecule has 0 atom stereocenters. The molecule has 0 aliphatic carbocycles. The lowest BCUT2D eigenvalue weighted by Crippen LogP contribution is -2.20. The van der Waals surface area contributed by atoms with Gasteiger partial charge in [-0.3, -0.25) is 5.32 Å². The van der Waals surface area contributed by atoms with Crippen LogP contribution in [0.25, 0.3) is 0 Å². The molecule has 1 rings (SSSR count). The van der Waals surface area contributed by atoms with E-state index in [4.69, 9.17) is 4.74 Å². The van der Waals surface area contributed by atoms with Gasteiger partial charge >= 0.3 is 12.3 Å². The molecular weight excluding hydrogens is 239 g/mol. The Bertz CT molecular complexity index is 418. The van der Waals surface area contributed by atoms with Crippen molar-refractivity contribution in [1.82, 2.24) is 0 Å². The quantitative estimate of drug-likeness (QED) is 0.660. The van der Waals surface area contributed by atoms with Crippen LogP contribution in [0.3, 0.4) is 0 Å². The van der Waals surface area contributed by atoms with Gasteiger partial charge in [0, 0.05) is 11.8 Å². The minimum Gasteiger partial charge on any atom is -0.496 e. The third kappa shape index (κ3) is 3.54. The molecule has 0 fully saturated rings. The lowest BCUT2D eigenvalue weighted by Gasteiger charge is -2.12. The van der Waals surface area contributed by atoms with Crippen LogP contribution in [0.1, 0.15) is 10.4 Å². The highest BCUT2D eigenvalue weighted by atomic mass is 19.4. The summed E-state index contributed by atoms with van der Waals surface area (Å²) in [6.07, 6.45) is -4.54. The monoisotopic (exact) mass is 249 g/mol. The Morgan fingerprint density at radius 3 is 2.41 bits per heavy atom. The molecule has 0 amide bonds. The fourth-order valence-corrected chi connectivity index (χ4v) is 1.21. The molecule has 1 aromatic carbocycles. The number of hydrogen-bond donors (Lipinski definition) is 1. The highest BCUT2D eigenvalue weighted by Gasteiger charge is 2.27. The first-order chi connectivity index (χ1) is 7.87. The standard InChI is InChI=1S/C10H10F3NO3/c1-16-8-5-6(14-10(11,12)13)3-4-7(8)9(15)17-2/h3-5,14H,1-2H3. The summed E-state index contributed by atoms with van der Waals surface area (Å²) in [5.41, 5.74) is -0.162. The van der Waals surface area contributed by atoms with Gasteiger partial charge in [0.25, 0.3) is 0 Å². The Morgan fingerprint density at radius 1 is 1.29 bits per heavy atom. The summed E-state index contributed by atoms with van der Waals surface area (Å²) >= 11 is 0. The summed E-state index contributed by atoms with van der Waals surface area (Å²) < 4.78 is 45.4. The fourth-order valence-electron chi connectivity index (χ4n) is 1.21. The summed E-state index contributed by atoms with van der Waals surface area (Å²) in [5, 5.41) is 1.31. The number of esters is 1. The van der Waals surface area contributed by atoms with E-state index in [1.54, 1.807) is 0 Å². The van der Waals surface area contributed by atoms with Gasteiger partial charge in [-0.15, -0.1) is 0 Å². The molecule has 0 aromatic heterocycles. The van der Waals surface area contributed by atoms with Crippen molar-refractivity contribution in [3.8, 4) is 5.75 Å². The van der Waals surface area contributed by atoms with Gasteiger partial charge in [0.15, 0.2) is 0 Å². The van der Waals surface area contributed by atoms with E-state index in [2.05, 4.69) is 4.74 Å². The number of methoxy groups -OCH3 is 2. The first kappa shape index (κ1) is 13.1. The Balaban J connectivity index is 3.04. The molecule has 94 valence electrons. The summed E-state index contributed by atoms with van der Waals surface area (Å²) in [6, 6.07) is 3.38.